The summed E-state index contributed by atoms with van der Waals surface area (Å²) in [6.45, 7) is 10.1. The molecule has 2 bridgehead atoms. The Labute approximate surface area is 138 Å². The summed E-state index contributed by atoms with van der Waals surface area (Å²) >= 11 is 0. The largest absolute Gasteiger partial charge is 0.465 e. The predicted octanol–water partition coefficient (Wildman–Crippen LogP) is 3.64. The molecule has 2 saturated carbocycles. The molecule has 128 valence electrons. The van der Waals surface area contributed by atoms with E-state index >= 15 is 0 Å². The van der Waals surface area contributed by atoms with Crippen LogP contribution in [0.15, 0.2) is 11.6 Å². The number of fused-ring (bicyclic) bond motifs is 2. The summed E-state index contributed by atoms with van der Waals surface area (Å²) in [6.07, 6.45) is 6.21. The number of hydrogen-bond donors (Lipinski definition) is 0. The lowest BCUT2D eigenvalue weighted by Gasteiger charge is -2.64. The highest BCUT2D eigenvalue weighted by Crippen LogP contribution is 2.70. The van der Waals surface area contributed by atoms with Gasteiger partial charge < -0.3 is 9.47 Å². The molecule has 4 atom stereocenters. The van der Waals surface area contributed by atoms with Gasteiger partial charge in [0.25, 0.3) is 0 Å². The molecule has 0 N–H and O–H groups in total. The molecule has 0 heterocycles. The Hall–Kier alpha value is -1.32. The molecule has 0 radical (unpaired) electrons. The van der Waals surface area contributed by atoms with Gasteiger partial charge in [0, 0.05) is 19.8 Å². The van der Waals surface area contributed by atoms with Gasteiger partial charge in [-0.2, -0.15) is 0 Å². The van der Waals surface area contributed by atoms with Gasteiger partial charge in [-0.1, -0.05) is 25.5 Å². The Morgan fingerprint density at radius 2 is 1.87 bits per heavy atom. The molecule has 0 aromatic heterocycles. The minimum atomic E-state index is -0.494. The van der Waals surface area contributed by atoms with Crippen LogP contribution in [0, 0.1) is 22.7 Å². The fraction of sp³-hybridized carbons (Fsp3) is 0.789. The van der Waals surface area contributed by atoms with E-state index in [1.165, 1.54) is 19.4 Å². The average molecular weight is 320 g/mol. The van der Waals surface area contributed by atoms with Crippen molar-refractivity contribution in [3.05, 3.63) is 11.6 Å². The molecular formula is C19H28O4. The zero-order valence-electron chi connectivity index (χ0n) is 14.9. The van der Waals surface area contributed by atoms with E-state index < -0.39 is 5.60 Å². The molecule has 0 saturated heterocycles. The SMILES string of the molecule is CC(=O)OC[C@]12CC[C@@]1(OC(C)=O)[C@@H]1C=C(C)[C@H]2CC(C)(C)C1. The van der Waals surface area contributed by atoms with Crippen molar-refractivity contribution in [3.8, 4) is 0 Å². The zero-order chi connectivity index (χ0) is 17.0. The van der Waals surface area contributed by atoms with Gasteiger partial charge in [-0.25, -0.2) is 0 Å². The first kappa shape index (κ1) is 16.5. The summed E-state index contributed by atoms with van der Waals surface area (Å²) in [7, 11) is 0. The number of allylic oxidation sites excluding steroid dienone is 1. The van der Waals surface area contributed by atoms with Crippen LogP contribution in [-0.4, -0.2) is 24.1 Å². The average Bonchev–Trinajstić information content (AvgIpc) is 2.53. The second-order valence-electron chi connectivity index (χ2n) is 8.56. The summed E-state index contributed by atoms with van der Waals surface area (Å²) in [4.78, 5) is 23.3. The van der Waals surface area contributed by atoms with Gasteiger partial charge in [-0.3, -0.25) is 9.59 Å². The summed E-state index contributed by atoms with van der Waals surface area (Å²) in [5.74, 6) is 0.0329. The van der Waals surface area contributed by atoms with Crippen LogP contribution in [-0.2, 0) is 19.1 Å². The molecule has 0 amide bonds. The summed E-state index contributed by atoms with van der Waals surface area (Å²) in [5, 5.41) is 0. The van der Waals surface area contributed by atoms with E-state index in [-0.39, 0.29) is 28.7 Å². The maximum Gasteiger partial charge on any atom is 0.303 e. The van der Waals surface area contributed by atoms with Crippen LogP contribution >= 0.6 is 0 Å². The van der Waals surface area contributed by atoms with Gasteiger partial charge in [-0.15, -0.1) is 0 Å². The first-order chi connectivity index (χ1) is 10.6. The fourth-order valence-electron chi connectivity index (χ4n) is 5.54. The highest BCUT2D eigenvalue weighted by Gasteiger charge is 2.72. The summed E-state index contributed by atoms with van der Waals surface area (Å²) < 4.78 is 11.5. The van der Waals surface area contributed by atoms with Crippen LogP contribution in [0.3, 0.4) is 0 Å². The van der Waals surface area contributed by atoms with Crippen molar-refractivity contribution in [2.24, 2.45) is 22.7 Å². The Morgan fingerprint density at radius 3 is 2.39 bits per heavy atom. The van der Waals surface area contributed by atoms with Crippen LogP contribution in [0.5, 0.6) is 0 Å². The third-order valence-electron chi connectivity index (χ3n) is 6.45. The minimum Gasteiger partial charge on any atom is -0.465 e. The van der Waals surface area contributed by atoms with Crippen molar-refractivity contribution in [2.75, 3.05) is 6.61 Å². The Bertz CT molecular complexity index is 576. The third-order valence-corrected chi connectivity index (χ3v) is 6.45. The van der Waals surface area contributed by atoms with Crippen LogP contribution in [0.2, 0.25) is 0 Å². The standard InChI is InChI=1S/C19H28O4/c1-12-8-15-9-17(4,5)10-16(12)18(11-22-13(2)20)6-7-19(15,18)23-14(3)21/h8,15-16H,6-7,9-11H2,1-5H3/t15-,16-,18+,19-/m1/s1. The Morgan fingerprint density at radius 1 is 1.17 bits per heavy atom. The molecule has 0 aromatic carbocycles. The van der Waals surface area contributed by atoms with Gasteiger partial charge >= 0.3 is 11.9 Å². The number of carbonyl (C=O) groups is 2. The van der Waals surface area contributed by atoms with Crippen molar-refractivity contribution in [1.82, 2.24) is 0 Å². The van der Waals surface area contributed by atoms with E-state index in [0.717, 1.165) is 25.7 Å². The second kappa shape index (κ2) is 5.09. The van der Waals surface area contributed by atoms with E-state index in [1.54, 1.807) is 0 Å². The van der Waals surface area contributed by atoms with Crippen molar-refractivity contribution in [1.29, 1.82) is 0 Å². The van der Waals surface area contributed by atoms with Gasteiger partial charge in [0.05, 0.1) is 5.41 Å². The molecule has 4 aliphatic rings. The number of carbonyl (C=O) groups excluding carboxylic acids is 2. The molecular weight excluding hydrogens is 292 g/mol. The molecule has 4 nitrogen and oxygen atoms in total. The fourth-order valence-corrected chi connectivity index (χ4v) is 5.54. The monoisotopic (exact) mass is 320 g/mol. The summed E-state index contributed by atoms with van der Waals surface area (Å²) in [6, 6.07) is 0. The van der Waals surface area contributed by atoms with Gasteiger partial charge in [0.15, 0.2) is 0 Å². The molecule has 23 heavy (non-hydrogen) atoms. The van der Waals surface area contributed by atoms with Crippen LogP contribution in [0.25, 0.3) is 0 Å². The van der Waals surface area contributed by atoms with Crippen molar-refractivity contribution in [2.45, 2.75) is 65.9 Å². The first-order valence-electron chi connectivity index (χ1n) is 8.63. The maximum absolute atomic E-state index is 11.9. The second-order valence-corrected chi connectivity index (χ2v) is 8.56. The molecule has 0 spiro atoms. The molecule has 0 aliphatic heterocycles. The predicted molar refractivity (Wildman–Crippen MR) is 86.5 cm³/mol. The zero-order valence-corrected chi connectivity index (χ0v) is 14.9. The van der Waals surface area contributed by atoms with E-state index in [1.807, 2.05) is 0 Å². The van der Waals surface area contributed by atoms with Gasteiger partial charge in [-0.05, 0) is 43.9 Å². The van der Waals surface area contributed by atoms with E-state index in [4.69, 9.17) is 9.47 Å². The topological polar surface area (TPSA) is 52.6 Å². The minimum absolute atomic E-state index is 0.192. The number of rotatable bonds is 3. The van der Waals surface area contributed by atoms with Gasteiger partial charge in [0.1, 0.15) is 12.2 Å². The van der Waals surface area contributed by atoms with Crippen molar-refractivity contribution >= 4 is 11.9 Å². The molecule has 2 fully saturated rings. The number of ether oxygens (including phenoxy) is 2. The lowest BCUT2D eigenvalue weighted by molar-refractivity contribution is -0.250. The highest BCUT2D eigenvalue weighted by molar-refractivity contribution is 5.68. The number of hydrogen-bond acceptors (Lipinski definition) is 4. The normalized spacial score (nSPS) is 40.3. The molecule has 0 aromatic rings. The molecule has 0 unspecified atom stereocenters. The first-order valence-corrected chi connectivity index (χ1v) is 8.63. The molecule has 4 heteroatoms. The van der Waals surface area contributed by atoms with E-state index in [9.17, 15) is 9.59 Å². The highest BCUT2D eigenvalue weighted by atomic mass is 16.6. The summed E-state index contributed by atoms with van der Waals surface area (Å²) in [5.41, 5.74) is 0.820. The van der Waals surface area contributed by atoms with Crippen LogP contribution in [0.4, 0.5) is 0 Å². The van der Waals surface area contributed by atoms with E-state index in [2.05, 4.69) is 26.8 Å². The number of esters is 2. The van der Waals surface area contributed by atoms with E-state index in [0.29, 0.717) is 12.5 Å². The maximum atomic E-state index is 11.9. The smallest absolute Gasteiger partial charge is 0.303 e. The lowest BCUT2D eigenvalue weighted by atomic mass is 9.44. The lowest BCUT2D eigenvalue weighted by Crippen LogP contribution is -2.69. The third kappa shape index (κ3) is 2.33. The van der Waals surface area contributed by atoms with Crippen LogP contribution < -0.4 is 0 Å². The molecule has 4 rings (SSSR count). The van der Waals surface area contributed by atoms with Crippen LogP contribution in [0.1, 0.15) is 60.3 Å². The van der Waals surface area contributed by atoms with Gasteiger partial charge in [0.2, 0.25) is 0 Å². The van der Waals surface area contributed by atoms with Crippen molar-refractivity contribution in [3.63, 3.8) is 0 Å². The Balaban J connectivity index is 2.08. The quantitative estimate of drug-likeness (QED) is 0.588. The molecule has 4 aliphatic carbocycles. The van der Waals surface area contributed by atoms with Crippen molar-refractivity contribution < 1.29 is 19.1 Å². The Kier molecular flexibility index (Phi) is 3.66.